The smallest absolute Gasteiger partial charge is 0.192 e. The number of ether oxygens (including phenoxy) is 2. The van der Waals surface area contributed by atoms with Crippen LogP contribution in [-0.4, -0.2) is 21.0 Å². The van der Waals surface area contributed by atoms with Crippen LogP contribution >= 0.6 is 0 Å². The molecule has 0 N–H and O–H groups in total. The fourth-order valence-corrected chi connectivity index (χ4v) is 4.96. The highest BCUT2D eigenvalue weighted by Crippen LogP contribution is 2.45. The summed E-state index contributed by atoms with van der Waals surface area (Å²) >= 11 is 0. The molecular formula is C23H34O3Si. The molecule has 0 saturated heterocycles. The first-order valence-corrected chi connectivity index (χ1v) is 13.0. The zero-order valence-corrected chi connectivity index (χ0v) is 18.4. The molecule has 0 radical (unpaired) electrons. The average Bonchev–Trinajstić information content (AvgIpc) is 2.87. The van der Waals surface area contributed by atoms with E-state index in [0.29, 0.717) is 25.0 Å². The van der Waals surface area contributed by atoms with Crippen LogP contribution in [0.25, 0.3) is 0 Å². The van der Waals surface area contributed by atoms with Gasteiger partial charge < -0.3 is 13.9 Å². The zero-order chi connectivity index (χ0) is 19.5. The first-order chi connectivity index (χ1) is 12.8. The van der Waals surface area contributed by atoms with E-state index in [1.165, 1.54) is 11.1 Å². The van der Waals surface area contributed by atoms with Gasteiger partial charge in [0.1, 0.15) is 0 Å². The predicted molar refractivity (Wildman–Crippen MR) is 113 cm³/mol. The van der Waals surface area contributed by atoms with E-state index in [1.807, 2.05) is 18.6 Å². The van der Waals surface area contributed by atoms with Crippen LogP contribution in [0.1, 0.15) is 39.2 Å². The van der Waals surface area contributed by atoms with Crippen molar-refractivity contribution in [2.24, 2.45) is 11.8 Å². The van der Waals surface area contributed by atoms with Gasteiger partial charge in [-0.05, 0) is 54.1 Å². The van der Waals surface area contributed by atoms with Crippen LogP contribution in [0, 0.1) is 11.8 Å². The second-order valence-corrected chi connectivity index (χ2v) is 14.1. The Hall–Kier alpha value is -1.36. The van der Waals surface area contributed by atoms with Crippen LogP contribution in [0.5, 0.6) is 0 Å². The summed E-state index contributed by atoms with van der Waals surface area (Å²) in [6.07, 6.45) is 8.31. The summed E-state index contributed by atoms with van der Waals surface area (Å²) in [5.41, 5.74) is 2.53. The van der Waals surface area contributed by atoms with Crippen molar-refractivity contribution in [1.29, 1.82) is 0 Å². The fraction of sp³-hybridized carbons (Fsp3) is 0.565. The SMILES string of the molecule is CC(C)(C)[Si](C)(C)O[C@@H]1CC[C@@H]2C1=COC=C[C@H]2COCc1ccccc1. The molecule has 0 aromatic heterocycles. The van der Waals surface area contributed by atoms with Crippen molar-refractivity contribution in [3.8, 4) is 0 Å². The maximum atomic E-state index is 6.73. The molecule has 1 saturated carbocycles. The summed E-state index contributed by atoms with van der Waals surface area (Å²) in [6, 6.07) is 10.4. The Morgan fingerprint density at radius 2 is 1.85 bits per heavy atom. The number of fused-ring (bicyclic) bond motifs is 1. The predicted octanol–water partition coefficient (Wildman–Crippen LogP) is 6.05. The summed E-state index contributed by atoms with van der Waals surface area (Å²) in [4.78, 5) is 0. The molecule has 3 rings (SSSR count). The van der Waals surface area contributed by atoms with E-state index in [4.69, 9.17) is 13.9 Å². The van der Waals surface area contributed by atoms with Gasteiger partial charge in [-0.1, -0.05) is 51.1 Å². The summed E-state index contributed by atoms with van der Waals surface area (Å²) < 4.78 is 18.5. The Kier molecular flexibility index (Phi) is 6.29. The van der Waals surface area contributed by atoms with Gasteiger partial charge in [0.25, 0.3) is 0 Å². The van der Waals surface area contributed by atoms with Gasteiger partial charge in [-0.25, -0.2) is 0 Å². The molecule has 2 aliphatic rings. The molecule has 3 nitrogen and oxygen atoms in total. The van der Waals surface area contributed by atoms with Crippen LogP contribution in [0.15, 0.2) is 54.5 Å². The van der Waals surface area contributed by atoms with Crippen LogP contribution in [-0.2, 0) is 20.5 Å². The Labute approximate surface area is 165 Å². The standard InChI is InChI=1S/C23H34O3Si/c1-23(2,3)27(4,5)26-22-12-11-20-19(13-14-24-17-21(20)22)16-25-15-18-9-7-6-8-10-18/h6-10,13-14,17,19-20,22H,11-12,15-16H2,1-5H3/t19-,20-,22+/m0/s1. The third kappa shape index (κ3) is 4.92. The van der Waals surface area contributed by atoms with E-state index in [2.05, 4.69) is 64.2 Å². The van der Waals surface area contributed by atoms with E-state index in [-0.39, 0.29) is 11.1 Å². The Balaban J connectivity index is 1.62. The molecule has 0 spiro atoms. The van der Waals surface area contributed by atoms with Crippen molar-refractivity contribution in [1.82, 2.24) is 0 Å². The fourth-order valence-electron chi connectivity index (χ4n) is 3.64. The minimum atomic E-state index is -1.80. The van der Waals surface area contributed by atoms with Gasteiger partial charge in [-0.3, -0.25) is 0 Å². The van der Waals surface area contributed by atoms with Crippen LogP contribution < -0.4 is 0 Å². The van der Waals surface area contributed by atoms with Crippen LogP contribution in [0.3, 0.4) is 0 Å². The number of benzene rings is 1. The lowest BCUT2D eigenvalue weighted by molar-refractivity contribution is 0.0874. The minimum Gasteiger partial charge on any atom is -0.473 e. The molecule has 1 heterocycles. The van der Waals surface area contributed by atoms with Gasteiger partial charge in [0.15, 0.2) is 8.32 Å². The summed E-state index contributed by atoms with van der Waals surface area (Å²) in [6.45, 7) is 12.9. The minimum absolute atomic E-state index is 0.187. The molecule has 1 aromatic carbocycles. The van der Waals surface area contributed by atoms with E-state index in [0.717, 1.165) is 12.8 Å². The van der Waals surface area contributed by atoms with Gasteiger partial charge in [0, 0.05) is 5.92 Å². The highest BCUT2D eigenvalue weighted by molar-refractivity contribution is 6.74. The summed E-state index contributed by atoms with van der Waals surface area (Å²) in [7, 11) is -1.80. The lowest BCUT2D eigenvalue weighted by Crippen LogP contribution is -2.44. The normalized spacial score (nSPS) is 25.5. The van der Waals surface area contributed by atoms with Gasteiger partial charge in [0.05, 0.1) is 31.8 Å². The molecule has 4 heteroatoms. The quantitative estimate of drug-likeness (QED) is 0.557. The largest absolute Gasteiger partial charge is 0.473 e. The highest BCUT2D eigenvalue weighted by Gasteiger charge is 2.44. The van der Waals surface area contributed by atoms with Crippen LogP contribution in [0.4, 0.5) is 0 Å². The Morgan fingerprint density at radius 3 is 2.56 bits per heavy atom. The monoisotopic (exact) mass is 386 g/mol. The van der Waals surface area contributed by atoms with E-state index >= 15 is 0 Å². The molecule has 27 heavy (non-hydrogen) atoms. The second-order valence-electron chi connectivity index (χ2n) is 9.30. The third-order valence-electron chi connectivity index (χ3n) is 6.33. The van der Waals surface area contributed by atoms with Gasteiger partial charge >= 0.3 is 0 Å². The lowest BCUT2D eigenvalue weighted by Gasteiger charge is -2.39. The van der Waals surface area contributed by atoms with Crippen molar-refractivity contribution in [2.45, 2.75) is 64.5 Å². The average molecular weight is 387 g/mol. The van der Waals surface area contributed by atoms with Gasteiger partial charge in [-0.15, -0.1) is 0 Å². The zero-order valence-electron chi connectivity index (χ0n) is 17.4. The molecule has 1 aliphatic carbocycles. The van der Waals surface area contributed by atoms with E-state index in [9.17, 15) is 0 Å². The van der Waals surface area contributed by atoms with Crippen molar-refractivity contribution >= 4 is 8.32 Å². The topological polar surface area (TPSA) is 27.7 Å². The molecule has 0 bridgehead atoms. The molecule has 3 atom stereocenters. The van der Waals surface area contributed by atoms with Crippen molar-refractivity contribution in [2.75, 3.05) is 6.61 Å². The molecule has 0 amide bonds. The Bertz CT molecular complexity index is 673. The summed E-state index contributed by atoms with van der Waals surface area (Å²) in [5, 5.41) is 0.216. The highest BCUT2D eigenvalue weighted by atomic mass is 28.4. The molecule has 1 fully saturated rings. The number of hydrogen-bond donors (Lipinski definition) is 0. The molecule has 1 aromatic rings. The number of hydrogen-bond acceptors (Lipinski definition) is 3. The Morgan fingerprint density at radius 1 is 1.11 bits per heavy atom. The molecule has 148 valence electrons. The summed E-state index contributed by atoms with van der Waals surface area (Å²) in [5.74, 6) is 0.796. The van der Waals surface area contributed by atoms with Crippen LogP contribution in [0.2, 0.25) is 18.1 Å². The first kappa shape index (κ1) is 20.4. The van der Waals surface area contributed by atoms with Crippen molar-refractivity contribution in [3.63, 3.8) is 0 Å². The number of rotatable bonds is 6. The lowest BCUT2D eigenvalue weighted by atomic mass is 9.88. The first-order valence-electron chi connectivity index (χ1n) is 10.1. The van der Waals surface area contributed by atoms with Crippen molar-refractivity contribution in [3.05, 3.63) is 60.1 Å². The maximum Gasteiger partial charge on any atom is 0.192 e. The van der Waals surface area contributed by atoms with Gasteiger partial charge in [0.2, 0.25) is 0 Å². The van der Waals surface area contributed by atoms with Crippen molar-refractivity contribution < 1.29 is 13.9 Å². The molecule has 1 aliphatic heterocycles. The van der Waals surface area contributed by atoms with E-state index < -0.39 is 8.32 Å². The third-order valence-corrected chi connectivity index (χ3v) is 10.8. The van der Waals surface area contributed by atoms with E-state index in [1.54, 1.807) is 0 Å². The molecular weight excluding hydrogens is 352 g/mol. The molecule has 0 unspecified atom stereocenters. The van der Waals surface area contributed by atoms with Gasteiger partial charge in [-0.2, -0.15) is 0 Å². The second kappa shape index (κ2) is 8.34. The maximum absolute atomic E-state index is 6.73.